The zero-order chi connectivity index (χ0) is 22.1. The van der Waals surface area contributed by atoms with Gasteiger partial charge in [0, 0.05) is 6.42 Å². The summed E-state index contributed by atoms with van der Waals surface area (Å²) in [5.41, 5.74) is 3.87. The second-order valence-electron chi connectivity index (χ2n) is 11.4. The van der Waals surface area contributed by atoms with Crippen LogP contribution >= 0.6 is 0 Å². The van der Waals surface area contributed by atoms with Crippen molar-refractivity contribution in [2.24, 2.45) is 35.0 Å². The molecule has 0 bridgehead atoms. The highest BCUT2D eigenvalue weighted by Crippen LogP contribution is 2.60. The van der Waals surface area contributed by atoms with Crippen molar-refractivity contribution in [1.82, 2.24) is 0 Å². The first-order valence-electron chi connectivity index (χ1n) is 12.6. The molecule has 0 heterocycles. The van der Waals surface area contributed by atoms with E-state index in [-0.39, 0.29) is 0 Å². The van der Waals surface area contributed by atoms with Crippen molar-refractivity contribution >= 4 is 0 Å². The minimum Gasteiger partial charge on any atom is -0.393 e. The molecule has 7 atom stereocenters. The molecule has 3 saturated carbocycles. The largest absolute Gasteiger partial charge is 0.393 e. The van der Waals surface area contributed by atoms with Crippen molar-refractivity contribution < 1.29 is 10.2 Å². The fourth-order valence-corrected chi connectivity index (χ4v) is 6.74. The summed E-state index contributed by atoms with van der Waals surface area (Å²) < 4.78 is 0. The first-order valence-corrected chi connectivity index (χ1v) is 12.6. The highest BCUT2D eigenvalue weighted by molar-refractivity contribution is 5.38. The number of fused-ring (bicyclic) bond motifs is 1. The molecule has 0 aromatic rings. The van der Waals surface area contributed by atoms with Gasteiger partial charge in [0.25, 0.3) is 0 Å². The molecule has 2 unspecified atom stereocenters. The topological polar surface area (TPSA) is 40.5 Å². The van der Waals surface area contributed by atoms with E-state index < -0.39 is 12.2 Å². The van der Waals surface area contributed by atoms with E-state index in [1.165, 1.54) is 44.9 Å². The monoisotopic (exact) mass is 414 g/mol. The summed E-state index contributed by atoms with van der Waals surface area (Å²) in [4.78, 5) is 0. The van der Waals surface area contributed by atoms with E-state index in [4.69, 9.17) is 0 Å². The normalized spacial score (nSPS) is 39.5. The van der Waals surface area contributed by atoms with E-state index >= 15 is 0 Å². The van der Waals surface area contributed by atoms with Crippen LogP contribution in [-0.2, 0) is 0 Å². The van der Waals surface area contributed by atoms with E-state index in [1.54, 1.807) is 5.57 Å². The van der Waals surface area contributed by atoms with Crippen LogP contribution in [0, 0.1) is 35.0 Å². The SMILES string of the molecule is C=C1C(=CC=C2CCC[C@@]3(C)C2CC[C@@H]3[C@H](C)CCC(C)C(C)C)C[C@@H](O)C[C@@H]1O. The summed E-state index contributed by atoms with van der Waals surface area (Å²) in [5, 5.41) is 20.2. The second kappa shape index (κ2) is 9.74. The van der Waals surface area contributed by atoms with Crippen molar-refractivity contribution in [3.05, 3.63) is 35.5 Å². The van der Waals surface area contributed by atoms with E-state index in [1.807, 2.05) is 0 Å². The highest BCUT2D eigenvalue weighted by Gasteiger charge is 2.50. The average molecular weight is 415 g/mol. The Morgan fingerprint density at radius 2 is 1.83 bits per heavy atom. The van der Waals surface area contributed by atoms with Gasteiger partial charge >= 0.3 is 0 Å². The molecule has 0 saturated heterocycles. The summed E-state index contributed by atoms with van der Waals surface area (Å²) >= 11 is 0. The van der Waals surface area contributed by atoms with Crippen LogP contribution in [0.2, 0.25) is 0 Å². The third-order valence-corrected chi connectivity index (χ3v) is 9.20. The van der Waals surface area contributed by atoms with Crippen LogP contribution < -0.4 is 0 Å². The molecule has 2 N–H and O–H groups in total. The third kappa shape index (κ3) is 4.96. The minimum atomic E-state index is -0.597. The van der Waals surface area contributed by atoms with Crippen LogP contribution in [0.5, 0.6) is 0 Å². The Hall–Kier alpha value is -0.860. The molecule has 0 radical (unpaired) electrons. The fourth-order valence-electron chi connectivity index (χ4n) is 6.74. The highest BCUT2D eigenvalue weighted by atomic mass is 16.3. The molecular formula is C28H46O2. The molecule has 170 valence electrons. The van der Waals surface area contributed by atoms with E-state index in [2.05, 4.69) is 53.3 Å². The number of allylic oxidation sites excluding steroid dienone is 3. The predicted octanol–water partition coefficient (Wildman–Crippen LogP) is 6.84. The molecule has 0 aromatic carbocycles. The summed E-state index contributed by atoms with van der Waals surface area (Å²) in [6.07, 6.45) is 13.8. The molecule has 2 heteroatoms. The Kier molecular flexibility index (Phi) is 7.72. The number of aliphatic hydroxyl groups is 2. The number of rotatable bonds is 6. The number of hydrogen-bond acceptors (Lipinski definition) is 2. The van der Waals surface area contributed by atoms with Crippen molar-refractivity contribution in [3.8, 4) is 0 Å². The lowest BCUT2D eigenvalue weighted by atomic mass is 9.60. The molecule has 0 spiro atoms. The lowest BCUT2D eigenvalue weighted by molar-refractivity contribution is 0.0861. The quantitative estimate of drug-likeness (QED) is 0.500. The van der Waals surface area contributed by atoms with Crippen molar-refractivity contribution in [3.63, 3.8) is 0 Å². The molecular weight excluding hydrogens is 368 g/mol. The molecule has 2 nitrogen and oxygen atoms in total. The van der Waals surface area contributed by atoms with Gasteiger partial charge in [0.1, 0.15) is 0 Å². The Morgan fingerprint density at radius 1 is 1.10 bits per heavy atom. The van der Waals surface area contributed by atoms with Crippen LogP contribution in [0.15, 0.2) is 35.5 Å². The maximum absolute atomic E-state index is 10.1. The Morgan fingerprint density at radius 3 is 2.53 bits per heavy atom. The summed E-state index contributed by atoms with van der Waals surface area (Å²) in [7, 11) is 0. The van der Waals surface area contributed by atoms with E-state index in [0.717, 1.165) is 34.8 Å². The van der Waals surface area contributed by atoms with Crippen LogP contribution in [0.25, 0.3) is 0 Å². The molecule has 3 fully saturated rings. The van der Waals surface area contributed by atoms with Gasteiger partial charge in [-0.15, -0.1) is 0 Å². The van der Waals surface area contributed by atoms with Crippen LogP contribution in [0.3, 0.4) is 0 Å². The standard InChI is InChI=1S/C28H46O2/c1-18(2)19(3)9-10-20(4)25-13-14-26-22(8-7-15-28(25,26)6)11-12-23-16-24(29)17-27(30)21(23)5/h11-12,18-20,24-27,29-30H,5,7-10,13-17H2,1-4,6H3/t19?,20-,24-,25-,26?,27+,28-/m1/s1. The second-order valence-corrected chi connectivity index (χ2v) is 11.4. The summed E-state index contributed by atoms with van der Waals surface area (Å²) in [6.45, 7) is 16.3. The van der Waals surface area contributed by atoms with Gasteiger partial charge in [-0.2, -0.15) is 0 Å². The first kappa shape index (κ1) is 23.8. The third-order valence-electron chi connectivity index (χ3n) is 9.20. The van der Waals surface area contributed by atoms with Crippen molar-refractivity contribution in [1.29, 1.82) is 0 Å². The van der Waals surface area contributed by atoms with Gasteiger partial charge in [-0.3, -0.25) is 0 Å². The minimum absolute atomic E-state index is 0.419. The van der Waals surface area contributed by atoms with Gasteiger partial charge in [0.05, 0.1) is 12.2 Å². The molecule has 3 rings (SSSR count). The Balaban J connectivity index is 1.72. The zero-order valence-electron chi connectivity index (χ0n) is 20.2. The number of hydrogen-bond donors (Lipinski definition) is 2. The van der Waals surface area contributed by atoms with Gasteiger partial charge in [0.15, 0.2) is 0 Å². The molecule has 30 heavy (non-hydrogen) atoms. The molecule has 0 aromatic heterocycles. The smallest absolute Gasteiger partial charge is 0.0811 e. The lowest BCUT2D eigenvalue weighted by Crippen LogP contribution is -2.36. The van der Waals surface area contributed by atoms with Gasteiger partial charge in [-0.05, 0) is 84.7 Å². The van der Waals surface area contributed by atoms with Crippen LogP contribution in [0.1, 0.15) is 92.4 Å². The van der Waals surface area contributed by atoms with E-state index in [9.17, 15) is 10.2 Å². The first-order chi connectivity index (χ1) is 14.1. The van der Waals surface area contributed by atoms with Crippen molar-refractivity contribution in [2.45, 2.75) is 105 Å². The van der Waals surface area contributed by atoms with Gasteiger partial charge < -0.3 is 10.2 Å². The molecule has 0 amide bonds. The maximum atomic E-state index is 10.1. The zero-order valence-corrected chi connectivity index (χ0v) is 20.2. The molecule has 3 aliphatic carbocycles. The predicted molar refractivity (Wildman–Crippen MR) is 127 cm³/mol. The van der Waals surface area contributed by atoms with Gasteiger partial charge in [-0.1, -0.05) is 71.8 Å². The summed E-state index contributed by atoms with van der Waals surface area (Å²) in [5.74, 6) is 3.95. The van der Waals surface area contributed by atoms with Gasteiger partial charge in [0.2, 0.25) is 0 Å². The van der Waals surface area contributed by atoms with E-state index in [0.29, 0.717) is 24.2 Å². The van der Waals surface area contributed by atoms with Crippen LogP contribution in [0.4, 0.5) is 0 Å². The molecule has 0 aliphatic heterocycles. The van der Waals surface area contributed by atoms with Crippen molar-refractivity contribution in [2.75, 3.05) is 0 Å². The summed E-state index contributed by atoms with van der Waals surface area (Å²) in [6, 6.07) is 0. The number of aliphatic hydroxyl groups excluding tert-OH is 2. The van der Waals surface area contributed by atoms with Crippen LogP contribution in [-0.4, -0.2) is 22.4 Å². The van der Waals surface area contributed by atoms with Gasteiger partial charge in [-0.25, -0.2) is 0 Å². The lowest BCUT2D eigenvalue weighted by Gasteiger charge is -2.44. The fraction of sp³-hybridized carbons (Fsp3) is 0.786. The Labute approximate surface area is 185 Å². The Bertz CT molecular complexity index is 672. The maximum Gasteiger partial charge on any atom is 0.0811 e. The average Bonchev–Trinajstić information content (AvgIpc) is 3.04. The molecule has 3 aliphatic rings.